The number of urea groups is 1. The number of benzene rings is 1. The number of rotatable bonds is 8. The second-order valence-electron chi connectivity index (χ2n) is 8.35. The minimum Gasteiger partial charge on any atom is -0.372 e. The SMILES string of the molecule is O=C(Nc1cccc(Cn2nc3ccccn3c2=O)c1)N1CCN(CCCOCC(F)(F)F)CC1. The lowest BCUT2D eigenvalue weighted by Crippen LogP contribution is -2.50. The van der Waals surface area contributed by atoms with Gasteiger partial charge in [-0.1, -0.05) is 18.2 Å². The van der Waals surface area contributed by atoms with Crippen molar-refractivity contribution in [3.63, 3.8) is 0 Å². The van der Waals surface area contributed by atoms with E-state index in [2.05, 4.69) is 20.1 Å². The number of aromatic nitrogens is 3. The summed E-state index contributed by atoms with van der Waals surface area (Å²) in [5, 5.41) is 7.23. The highest BCUT2D eigenvalue weighted by atomic mass is 19.4. The number of pyridine rings is 1. The van der Waals surface area contributed by atoms with Crippen molar-refractivity contribution in [2.45, 2.75) is 19.1 Å². The van der Waals surface area contributed by atoms with Crippen molar-refractivity contribution < 1.29 is 22.7 Å². The number of halogens is 3. The highest BCUT2D eigenvalue weighted by molar-refractivity contribution is 5.89. The number of carbonyl (C=O) groups is 1. The third-order valence-electron chi connectivity index (χ3n) is 5.69. The Kier molecular flexibility index (Phi) is 7.71. The van der Waals surface area contributed by atoms with Crippen molar-refractivity contribution in [1.29, 1.82) is 0 Å². The number of ether oxygens (including phenoxy) is 1. The van der Waals surface area contributed by atoms with Crippen molar-refractivity contribution in [2.75, 3.05) is 51.3 Å². The zero-order valence-electron chi connectivity index (χ0n) is 19.1. The Bertz CT molecular complexity index is 1200. The van der Waals surface area contributed by atoms with E-state index < -0.39 is 12.8 Å². The molecule has 0 radical (unpaired) electrons. The molecule has 2 aromatic heterocycles. The second-order valence-corrected chi connectivity index (χ2v) is 8.35. The number of amides is 2. The molecule has 35 heavy (non-hydrogen) atoms. The highest BCUT2D eigenvalue weighted by Gasteiger charge is 2.27. The average molecular weight is 493 g/mol. The fourth-order valence-electron chi connectivity index (χ4n) is 3.95. The maximum Gasteiger partial charge on any atom is 0.411 e. The molecule has 0 aliphatic carbocycles. The topological polar surface area (TPSA) is 84.1 Å². The lowest BCUT2D eigenvalue weighted by Gasteiger charge is -2.34. The third-order valence-corrected chi connectivity index (χ3v) is 5.69. The van der Waals surface area contributed by atoms with Gasteiger partial charge < -0.3 is 15.0 Å². The number of hydrogen-bond donors (Lipinski definition) is 1. The summed E-state index contributed by atoms with van der Waals surface area (Å²) in [4.78, 5) is 29.0. The van der Waals surface area contributed by atoms with Crippen LogP contribution in [0.25, 0.3) is 5.65 Å². The van der Waals surface area contributed by atoms with Crippen molar-refractivity contribution in [3.8, 4) is 0 Å². The van der Waals surface area contributed by atoms with E-state index in [-0.39, 0.29) is 24.9 Å². The standard InChI is InChI=1S/C23H27F3N6O3/c24-23(25,26)17-35-14-4-8-29-10-12-30(13-11-29)21(33)27-19-6-3-5-18(15-19)16-32-22(34)31-9-2-1-7-20(31)28-32/h1-3,5-7,9,15H,4,8,10-14,16-17H2,(H,27,33). The molecule has 4 rings (SSSR count). The van der Waals surface area contributed by atoms with E-state index in [1.54, 1.807) is 29.3 Å². The van der Waals surface area contributed by atoms with Gasteiger partial charge in [0, 0.05) is 51.2 Å². The van der Waals surface area contributed by atoms with Crippen LogP contribution in [0.3, 0.4) is 0 Å². The molecule has 9 nitrogen and oxygen atoms in total. The number of hydrogen-bond acceptors (Lipinski definition) is 5. The predicted molar refractivity (Wildman–Crippen MR) is 124 cm³/mol. The van der Waals surface area contributed by atoms with Crippen molar-refractivity contribution in [3.05, 3.63) is 64.7 Å². The summed E-state index contributed by atoms with van der Waals surface area (Å²) in [5.41, 5.74) is 1.77. The van der Waals surface area contributed by atoms with Crippen LogP contribution in [0.15, 0.2) is 53.5 Å². The zero-order chi connectivity index (χ0) is 24.8. The normalized spacial score (nSPS) is 15.0. The van der Waals surface area contributed by atoms with Crippen LogP contribution >= 0.6 is 0 Å². The van der Waals surface area contributed by atoms with Crippen molar-refractivity contribution in [2.24, 2.45) is 0 Å². The second kappa shape index (κ2) is 10.9. The van der Waals surface area contributed by atoms with Gasteiger partial charge in [-0.25, -0.2) is 14.3 Å². The zero-order valence-corrected chi connectivity index (χ0v) is 19.1. The molecule has 0 spiro atoms. The summed E-state index contributed by atoms with van der Waals surface area (Å²) in [5.74, 6) is 0. The number of carbonyl (C=O) groups excluding carboxylic acids is 1. The van der Waals surface area contributed by atoms with Gasteiger partial charge in [0.05, 0.1) is 6.54 Å². The molecule has 1 aliphatic heterocycles. The first-order chi connectivity index (χ1) is 16.8. The molecule has 3 aromatic rings. The Labute approximate surface area is 199 Å². The van der Waals surface area contributed by atoms with Gasteiger partial charge in [-0.3, -0.25) is 9.30 Å². The Morgan fingerprint density at radius 3 is 2.63 bits per heavy atom. The molecule has 3 heterocycles. The lowest BCUT2D eigenvalue weighted by molar-refractivity contribution is -0.174. The molecule has 1 N–H and O–H groups in total. The molecular weight excluding hydrogens is 465 g/mol. The van der Waals surface area contributed by atoms with E-state index in [0.29, 0.717) is 50.5 Å². The molecule has 1 aliphatic rings. The molecule has 1 fully saturated rings. The van der Waals surface area contributed by atoms with Gasteiger partial charge in [-0.05, 0) is 36.2 Å². The summed E-state index contributed by atoms with van der Waals surface area (Å²) >= 11 is 0. The Balaban J connectivity index is 1.24. The molecule has 0 unspecified atom stereocenters. The summed E-state index contributed by atoms with van der Waals surface area (Å²) in [6.07, 6.45) is -2.13. The van der Waals surface area contributed by atoms with E-state index in [4.69, 9.17) is 0 Å². The van der Waals surface area contributed by atoms with E-state index in [1.165, 1.54) is 9.08 Å². The summed E-state index contributed by atoms with van der Waals surface area (Å²) in [6, 6.07) is 12.4. The Morgan fingerprint density at radius 1 is 1.09 bits per heavy atom. The fraction of sp³-hybridized carbons (Fsp3) is 0.435. The van der Waals surface area contributed by atoms with Crippen LogP contribution in [0.4, 0.5) is 23.7 Å². The first-order valence-corrected chi connectivity index (χ1v) is 11.3. The smallest absolute Gasteiger partial charge is 0.372 e. The minimum atomic E-state index is -4.30. The predicted octanol–water partition coefficient (Wildman–Crippen LogP) is 2.66. The van der Waals surface area contributed by atoms with Crippen LogP contribution in [-0.2, 0) is 11.3 Å². The van der Waals surface area contributed by atoms with Crippen LogP contribution in [0, 0.1) is 0 Å². The summed E-state index contributed by atoms with van der Waals surface area (Å²) in [6.45, 7) is 2.05. The highest BCUT2D eigenvalue weighted by Crippen LogP contribution is 2.15. The molecule has 1 aromatic carbocycles. The van der Waals surface area contributed by atoms with Gasteiger partial charge in [0.1, 0.15) is 6.61 Å². The average Bonchev–Trinajstić information content (AvgIpc) is 3.14. The van der Waals surface area contributed by atoms with Gasteiger partial charge in [-0.15, -0.1) is 5.10 Å². The van der Waals surface area contributed by atoms with E-state index in [9.17, 15) is 22.8 Å². The molecule has 12 heteroatoms. The first kappa shape index (κ1) is 24.7. The molecule has 0 saturated carbocycles. The van der Waals surface area contributed by atoms with Gasteiger partial charge in [0.15, 0.2) is 5.65 Å². The Hall–Kier alpha value is -3.38. The first-order valence-electron chi connectivity index (χ1n) is 11.3. The van der Waals surface area contributed by atoms with E-state index in [1.807, 2.05) is 24.3 Å². The maximum atomic E-state index is 12.7. The number of piperazine rings is 1. The van der Waals surface area contributed by atoms with Gasteiger partial charge >= 0.3 is 17.9 Å². The Morgan fingerprint density at radius 2 is 1.89 bits per heavy atom. The molecule has 2 amide bonds. The fourth-order valence-corrected chi connectivity index (χ4v) is 3.95. The third kappa shape index (κ3) is 6.83. The summed E-state index contributed by atoms with van der Waals surface area (Å²) in [7, 11) is 0. The van der Waals surface area contributed by atoms with Crippen LogP contribution in [0.5, 0.6) is 0 Å². The molecular formula is C23H27F3N6O3. The van der Waals surface area contributed by atoms with Crippen LogP contribution in [0.2, 0.25) is 0 Å². The number of alkyl halides is 3. The van der Waals surface area contributed by atoms with E-state index in [0.717, 1.165) is 5.56 Å². The van der Waals surface area contributed by atoms with Gasteiger partial charge in [0.25, 0.3) is 0 Å². The number of nitrogens with zero attached hydrogens (tertiary/aromatic N) is 5. The van der Waals surface area contributed by atoms with Gasteiger partial charge in [-0.2, -0.15) is 13.2 Å². The van der Waals surface area contributed by atoms with Crippen LogP contribution in [-0.4, -0.2) is 82.1 Å². The maximum absolute atomic E-state index is 12.7. The molecule has 0 atom stereocenters. The van der Waals surface area contributed by atoms with Crippen LogP contribution in [0.1, 0.15) is 12.0 Å². The largest absolute Gasteiger partial charge is 0.411 e. The number of nitrogens with one attached hydrogen (secondary N) is 1. The number of anilines is 1. The van der Waals surface area contributed by atoms with Gasteiger partial charge in [0.2, 0.25) is 0 Å². The summed E-state index contributed by atoms with van der Waals surface area (Å²) < 4.78 is 43.8. The molecule has 1 saturated heterocycles. The van der Waals surface area contributed by atoms with Crippen molar-refractivity contribution in [1.82, 2.24) is 24.0 Å². The molecule has 188 valence electrons. The molecule has 0 bridgehead atoms. The van der Waals surface area contributed by atoms with Crippen molar-refractivity contribution >= 4 is 17.4 Å². The lowest BCUT2D eigenvalue weighted by atomic mass is 10.2. The van der Waals surface area contributed by atoms with Crippen LogP contribution < -0.4 is 11.0 Å². The van der Waals surface area contributed by atoms with E-state index >= 15 is 0 Å². The monoisotopic (exact) mass is 492 g/mol. The minimum absolute atomic E-state index is 0.0532. The number of fused-ring (bicyclic) bond motifs is 1. The quantitative estimate of drug-likeness (QED) is 0.489.